The Balaban J connectivity index is 2.18. The summed E-state index contributed by atoms with van der Waals surface area (Å²) in [4.78, 5) is 4.13. The van der Waals surface area contributed by atoms with E-state index in [4.69, 9.17) is 4.74 Å². The lowest BCUT2D eigenvalue weighted by molar-refractivity contribution is 0.0390. The summed E-state index contributed by atoms with van der Waals surface area (Å²) in [5.74, 6) is 0.0653. The van der Waals surface area contributed by atoms with E-state index in [9.17, 15) is 4.39 Å². The number of hydrogen-bond acceptors (Lipinski definition) is 3. The zero-order valence-corrected chi connectivity index (χ0v) is 9.45. The number of aromatic nitrogens is 1. The SMILES string of the molecule is CNC(c1ncccc1F)C1CCCOC1. The van der Waals surface area contributed by atoms with E-state index in [1.807, 2.05) is 7.05 Å². The zero-order chi connectivity index (χ0) is 11.4. The number of halogens is 1. The van der Waals surface area contributed by atoms with E-state index >= 15 is 0 Å². The summed E-state index contributed by atoms with van der Waals surface area (Å²) in [6.07, 6.45) is 3.73. The number of pyridine rings is 1. The lowest BCUT2D eigenvalue weighted by Crippen LogP contribution is -2.32. The van der Waals surface area contributed by atoms with Crippen LogP contribution >= 0.6 is 0 Å². The van der Waals surface area contributed by atoms with Crippen LogP contribution in [-0.2, 0) is 4.74 Å². The van der Waals surface area contributed by atoms with Crippen LogP contribution < -0.4 is 5.32 Å². The second kappa shape index (κ2) is 5.37. The van der Waals surface area contributed by atoms with Crippen molar-refractivity contribution in [2.24, 2.45) is 5.92 Å². The summed E-state index contributed by atoms with van der Waals surface area (Å²) in [5, 5.41) is 3.15. The molecule has 0 bridgehead atoms. The molecule has 16 heavy (non-hydrogen) atoms. The number of hydrogen-bond donors (Lipinski definition) is 1. The van der Waals surface area contributed by atoms with Gasteiger partial charge in [0.2, 0.25) is 0 Å². The van der Waals surface area contributed by atoms with Crippen LogP contribution in [0.1, 0.15) is 24.6 Å². The highest BCUT2D eigenvalue weighted by atomic mass is 19.1. The Kier molecular flexibility index (Phi) is 3.85. The van der Waals surface area contributed by atoms with Crippen molar-refractivity contribution < 1.29 is 9.13 Å². The molecular formula is C12H17FN2O. The van der Waals surface area contributed by atoms with Crippen molar-refractivity contribution in [3.63, 3.8) is 0 Å². The van der Waals surface area contributed by atoms with Gasteiger partial charge < -0.3 is 10.1 Å². The summed E-state index contributed by atoms with van der Waals surface area (Å²) in [5.41, 5.74) is 0.500. The fraction of sp³-hybridized carbons (Fsp3) is 0.583. The van der Waals surface area contributed by atoms with Gasteiger partial charge in [-0.25, -0.2) is 4.39 Å². The molecule has 2 heterocycles. The number of ether oxygens (including phenoxy) is 1. The molecule has 1 N–H and O–H groups in total. The van der Waals surface area contributed by atoms with Crippen molar-refractivity contribution in [2.75, 3.05) is 20.3 Å². The molecule has 0 aromatic carbocycles. The topological polar surface area (TPSA) is 34.2 Å². The van der Waals surface area contributed by atoms with Crippen LogP contribution in [0.4, 0.5) is 4.39 Å². The molecule has 1 aromatic heterocycles. The first-order chi connectivity index (χ1) is 7.83. The third kappa shape index (κ3) is 2.39. The second-order valence-electron chi connectivity index (χ2n) is 4.11. The van der Waals surface area contributed by atoms with Crippen LogP contribution in [0.15, 0.2) is 18.3 Å². The van der Waals surface area contributed by atoms with Crippen LogP contribution in [0, 0.1) is 11.7 Å². The fourth-order valence-electron chi connectivity index (χ4n) is 2.25. The predicted molar refractivity (Wildman–Crippen MR) is 59.5 cm³/mol. The van der Waals surface area contributed by atoms with E-state index in [1.165, 1.54) is 6.07 Å². The molecule has 88 valence electrons. The maximum atomic E-state index is 13.6. The van der Waals surface area contributed by atoms with E-state index in [0.717, 1.165) is 19.4 Å². The van der Waals surface area contributed by atoms with E-state index in [0.29, 0.717) is 18.2 Å². The quantitative estimate of drug-likeness (QED) is 0.851. The smallest absolute Gasteiger partial charge is 0.146 e. The van der Waals surface area contributed by atoms with Crippen molar-refractivity contribution in [1.29, 1.82) is 0 Å². The van der Waals surface area contributed by atoms with E-state index in [2.05, 4.69) is 10.3 Å². The Hall–Kier alpha value is -1.00. The third-order valence-electron chi connectivity index (χ3n) is 3.06. The van der Waals surface area contributed by atoms with Gasteiger partial charge in [-0.1, -0.05) is 0 Å². The zero-order valence-electron chi connectivity index (χ0n) is 9.45. The Labute approximate surface area is 95.0 Å². The number of rotatable bonds is 3. The molecule has 1 aliphatic heterocycles. The average Bonchev–Trinajstić information content (AvgIpc) is 2.34. The predicted octanol–water partition coefficient (Wildman–Crippen LogP) is 1.91. The molecule has 0 aliphatic carbocycles. The number of nitrogens with one attached hydrogen (secondary N) is 1. The molecular weight excluding hydrogens is 207 g/mol. The Morgan fingerprint density at radius 3 is 3.12 bits per heavy atom. The first-order valence-electron chi connectivity index (χ1n) is 5.68. The van der Waals surface area contributed by atoms with Gasteiger partial charge in [0.25, 0.3) is 0 Å². The monoisotopic (exact) mass is 224 g/mol. The maximum Gasteiger partial charge on any atom is 0.146 e. The summed E-state index contributed by atoms with van der Waals surface area (Å²) < 4.78 is 19.1. The molecule has 1 saturated heterocycles. The van der Waals surface area contributed by atoms with E-state index in [1.54, 1.807) is 12.3 Å². The molecule has 1 aliphatic rings. The van der Waals surface area contributed by atoms with Gasteiger partial charge in [-0.05, 0) is 32.0 Å². The highest BCUT2D eigenvalue weighted by Crippen LogP contribution is 2.28. The van der Waals surface area contributed by atoms with Gasteiger partial charge in [0.1, 0.15) is 5.82 Å². The van der Waals surface area contributed by atoms with Crippen molar-refractivity contribution >= 4 is 0 Å². The normalized spacial score (nSPS) is 23.0. The molecule has 1 aromatic rings. The van der Waals surface area contributed by atoms with Crippen molar-refractivity contribution in [3.05, 3.63) is 29.8 Å². The minimum absolute atomic E-state index is 0.0542. The molecule has 1 fully saturated rings. The van der Waals surface area contributed by atoms with Crippen LogP contribution in [0.3, 0.4) is 0 Å². The van der Waals surface area contributed by atoms with E-state index < -0.39 is 0 Å². The molecule has 2 unspecified atom stereocenters. The van der Waals surface area contributed by atoms with Crippen LogP contribution in [0.5, 0.6) is 0 Å². The molecule has 0 saturated carbocycles. The summed E-state index contributed by atoms with van der Waals surface area (Å²) in [6, 6.07) is 3.01. The van der Waals surface area contributed by atoms with Gasteiger partial charge in [-0.15, -0.1) is 0 Å². The standard InChI is InChI=1S/C12H17FN2O/c1-14-11(9-4-3-7-16-8-9)12-10(13)5-2-6-15-12/h2,5-6,9,11,14H,3-4,7-8H2,1H3. The van der Waals surface area contributed by atoms with Gasteiger partial charge in [0, 0.05) is 18.7 Å². The minimum atomic E-state index is -0.243. The van der Waals surface area contributed by atoms with Gasteiger partial charge in [0.05, 0.1) is 18.3 Å². The maximum absolute atomic E-state index is 13.6. The Morgan fingerprint density at radius 1 is 1.62 bits per heavy atom. The van der Waals surface area contributed by atoms with Crippen LogP contribution in [-0.4, -0.2) is 25.2 Å². The molecule has 0 radical (unpaired) electrons. The summed E-state index contributed by atoms with van der Waals surface area (Å²) in [7, 11) is 1.84. The second-order valence-corrected chi connectivity index (χ2v) is 4.11. The van der Waals surface area contributed by atoms with Crippen molar-refractivity contribution in [3.8, 4) is 0 Å². The summed E-state index contributed by atoms with van der Waals surface area (Å²) >= 11 is 0. The highest BCUT2D eigenvalue weighted by Gasteiger charge is 2.27. The molecule has 4 heteroatoms. The number of nitrogens with zero attached hydrogens (tertiary/aromatic N) is 1. The molecule has 3 nitrogen and oxygen atoms in total. The lowest BCUT2D eigenvalue weighted by Gasteiger charge is -2.29. The van der Waals surface area contributed by atoms with Gasteiger partial charge >= 0.3 is 0 Å². The Morgan fingerprint density at radius 2 is 2.50 bits per heavy atom. The highest BCUT2D eigenvalue weighted by molar-refractivity contribution is 5.12. The molecule has 2 rings (SSSR count). The largest absolute Gasteiger partial charge is 0.381 e. The van der Waals surface area contributed by atoms with Gasteiger partial charge in [0.15, 0.2) is 0 Å². The van der Waals surface area contributed by atoms with Crippen LogP contribution in [0.25, 0.3) is 0 Å². The van der Waals surface area contributed by atoms with Gasteiger partial charge in [-0.3, -0.25) is 4.98 Å². The van der Waals surface area contributed by atoms with Crippen molar-refractivity contribution in [1.82, 2.24) is 10.3 Å². The minimum Gasteiger partial charge on any atom is -0.381 e. The molecule has 2 atom stereocenters. The molecule has 0 spiro atoms. The van der Waals surface area contributed by atoms with Crippen molar-refractivity contribution in [2.45, 2.75) is 18.9 Å². The molecule has 0 amide bonds. The first-order valence-corrected chi connectivity index (χ1v) is 5.68. The summed E-state index contributed by atoms with van der Waals surface area (Å²) in [6.45, 7) is 1.50. The Bertz CT molecular complexity index is 340. The van der Waals surface area contributed by atoms with E-state index in [-0.39, 0.29) is 11.9 Å². The third-order valence-corrected chi connectivity index (χ3v) is 3.06. The average molecular weight is 224 g/mol. The van der Waals surface area contributed by atoms with Crippen LogP contribution in [0.2, 0.25) is 0 Å². The van der Waals surface area contributed by atoms with Gasteiger partial charge in [-0.2, -0.15) is 0 Å². The first kappa shape index (κ1) is 11.5. The fourth-order valence-corrected chi connectivity index (χ4v) is 2.25. The lowest BCUT2D eigenvalue weighted by atomic mass is 9.91.